The quantitative estimate of drug-likeness (QED) is 0.305. The lowest BCUT2D eigenvalue weighted by Gasteiger charge is -2.16. The Labute approximate surface area is 215 Å². The van der Waals surface area contributed by atoms with Crippen molar-refractivity contribution in [1.29, 1.82) is 0 Å². The van der Waals surface area contributed by atoms with Gasteiger partial charge in [-0.05, 0) is 18.2 Å². The number of esters is 2. The molecule has 38 heavy (non-hydrogen) atoms. The van der Waals surface area contributed by atoms with Crippen molar-refractivity contribution in [2.45, 2.75) is 6.18 Å². The summed E-state index contributed by atoms with van der Waals surface area (Å²) >= 11 is 6.06. The summed E-state index contributed by atoms with van der Waals surface area (Å²) in [5, 5.41) is -0.324. The van der Waals surface area contributed by atoms with Gasteiger partial charge in [-0.25, -0.2) is 23.3 Å². The average molecular weight is 561 g/mol. The molecular weight excluding hydrogens is 544 g/mol. The molecule has 10 nitrogen and oxygen atoms in total. The van der Waals surface area contributed by atoms with E-state index in [0.717, 1.165) is 20.2 Å². The molecule has 0 fully saturated rings. The Hall–Kier alpha value is -4.33. The monoisotopic (exact) mass is 560 g/mol. The number of nitrogens with zero attached hydrogens (tertiary/aromatic N) is 2. The first-order valence-corrected chi connectivity index (χ1v) is 10.7. The minimum Gasteiger partial charge on any atom is -0.478 e. The number of rotatable bonds is 8. The van der Waals surface area contributed by atoms with Crippen LogP contribution in [-0.2, 0) is 32.3 Å². The number of carbonyl (C=O) groups is 2. The van der Waals surface area contributed by atoms with Gasteiger partial charge in [-0.15, -0.1) is 0 Å². The second-order valence-corrected chi connectivity index (χ2v) is 7.76. The maximum absolute atomic E-state index is 14.7. The normalized spacial score (nSPS) is 11.1. The first-order chi connectivity index (χ1) is 17.8. The Morgan fingerprint density at radius 1 is 0.974 bits per heavy atom. The van der Waals surface area contributed by atoms with Crippen LogP contribution < -0.4 is 20.7 Å². The highest BCUT2D eigenvalue weighted by molar-refractivity contribution is 6.32. The lowest BCUT2D eigenvalue weighted by Crippen LogP contribution is -2.41. The van der Waals surface area contributed by atoms with E-state index in [1.54, 1.807) is 0 Å². The van der Waals surface area contributed by atoms with Gasteiger partial charge >= 0.3 is 23.8 Å². The number of alkyl halides is 3. The van der Waals surface area contributed by atoms with Crippen LogP contribution in [-0.4, -0.2) is 41.4 Å². The second kappa shape index (κ2) is 11.4. The molecule has 0 aliphatic rings. The molecule has 0 saturated heterocycles. The first-order valence-electron chi connectivity index (χ1n) is 10.3. The molecule has 0 unspecified atom stereocenters. The smallest absolute Gasteiger partial charge is 0.431 e. The molecule has 0 saturated carbocycles. The molecule has 2 aromatic carbocycles. The third-order valence-electron chi connectivity index (χ3n) is 4.85. The van der Waals surface area contributed by atoms with Gasteiger partial charge in [0.05, 0.1) is 17.8 Å². The Balaban J connectivity index is 1.94. The van der Waals surface area contributed by atoms with Gasteiger partial charge in [0.2, 0.25) is 0 Å². The molecule has 0 radical (unpaired) electrons. The van der Waals surface area contributed by atoms with Gasteiger partial charge in [0.25, 0.3) is 5.56 Å². The Morgan fingerprint density at radius 2 is 1.63 bits per heavy atom. The fourth-order valence-corrected chi connectivity index (χ4v) is 3.23. The summed E-state index contributed by atoms with van der Waals surface area (Å²) < 4.78 is 74.5. The van der Waals surface area contributed by atoms with Gasteiger partial charge in [0, 0.05) is 19.2 Å². The molecule has 0 aliphatic heterocycles. The van der Waals surface area contributed by atoms with Gasteiger partial charge in [-0.1, -0.05) is 23.7 Å². The minimum atomic E-state index is -5.01. The highest BCUT2D eigenvalue weighted by Gasteiger charge is 2.35. The number of halogens is 5. The fraction of sp³-hybridized carbons (Fsp3) is 0.217. The van der Waals surface area contributed by atoms with Gasteiger partial charge in [-0.3, -0.25) is 9.36 Å². The third kappa shape index (κ3) is 6.32. The third-order valence-corrected chi connectivity index (χ3v) is 5.14. The second-order valence-electron chi connectivity index (χ2n) is 7.35. The Morgan fingerprint density at radius 3 is 2.26 bits per heavy atom. The fourth-order valence-electron chi connectivity index (χ4n) is 3.04. The van der Waals surface area contributed by atoms with E-state index in [4.69, 9.17) is 21.1 Å². The average Bonchev–Trinajstić information content (AvgIpc) is 2.86. The summed E-state index contributed by atoms with van der Waals surface area (Å²) in [5.74, 6) is -3.27. The molecule has 0 aliphatic carbocycles. The van der Waals surface area contributed by atoms with Crippen molar-refractivity contribution in [1.82, 2.24) is 9.13 Å². The van der Waals surface area contributed by atoms with Crippen LogP contribution in [0.3, 0.4) is 0 Å². The first kappa shape index (κ1) is 28.2. The van der Waals surface area contributed by atoms with E-state index in [1.807, 2.05) is 0 Å². The van der Waals surface area contributed by atoms with Crippen LogP contribution in [0.25, 0.3) is 5.69 Å². The number of ether oxygens (including phenoxy) is 4. The van der Waals surface area contributed by atoms with Crippen LogP contribution in [0.2, 0.25) is 5.02 Å². The predicted molar refractivity (Wildman–Crippen MR) is 122 cm³/mol. The number of methoxy groups -OCH3 is 1. The topological polar surface area (TPSA) is 115 Å². The largest absolute Gasteiger partial charge is 0.478 e. The van der Waals surface area contributed by atoms with Crippen molar-refractivity contribution in [3.8, 4) is 22.9 Å². The van der Waals surface area contributed by atoms with Crippen LogP contribution in [0.5, 0.6) is 17.2 Å². The molecule has 0 bridgehead atoms. The SMILES string of the molecule is COC(=O)COC(=O)COc1ccccc1Oc1cc(-n2c(=O)cc(C(F)(F)F)n(C)c2=O)c(F)cc1Cl. The number of carbonyl (C=O) groups excluding carboxylic acids is 2. The van der Waals surface area contributed by atoms with Crippen LogP contribution in [0, 0.1) is 5.82 Å². The molecular formula is C23H17ClF4N2O8. The van der Waals surface area contributed by atoms with Crippen molar-refractivity contribution in [2.75, 3.05) is 20.3 Å². The Kier molecular flexibility index (Phi) is 8.46. The molecule has 15 heteroatoms. The molecule has 0 atom stereocenters. The van der Waals surface area contributed by atoms with Gasteiger partial charge in [0.1, 0.15) is 17.3 Å². The number of hydrogen-bond donors (Lipinski definition) is 0. The van der Waals surface area contributed by atoms with Crippen molar-refractivity contribution < 1.29 is 46.1 Å². The summed E-state index contributed by atoms with van der Waals surface area (Å²) in [6.07, 6.45) is -5.01. The molecule has 3 rings (SSSR count). The maximum atomic E-state index is 14.7. The molecule has 3 aromatic rings. The van der Waals surface area contributed by atoms with Crippen molar-refractivity contribution in [2.24, 2.45) is 7.05 Å². The van der Waals surface area contributed by atoms with Crippen molar-refractivity contribution >= 4 is 23.5 Å². The van der Waals surface area contributed by atoms with Gasteiger partial charge in [0.15, 0.2) is 24.7 Å². The van der Waals surface area contributed by atoms with Crippen LogP contribution in [0.15, 0.2) is 52.1 Å². The van der Waals surface area contributed by atoms with Crippen LogP contribution >= 0.6 is 11.6 Å². The van der Waals surface area contributed by atoms with E-state index >= 15 is 0 Å². The van der Waals surface area contributed by atoms with Crippen molar-refractivity contribution in [3.63, 3.8) is 0 Å². The van der Waals surface area contributed by atoms with E-state index in [2.05, 4.69) is 9.47 Å². The lowest BCUT2D eigenvalue weighted by molar-refractivity contribution is -0.158. The summed E-state index contributed by atoms with van der Waals surface area (Å²) in [7, 11) is 1.88. The number of benzene rings is 2. The maximum Gasteiger partial charge on any atom is 0.431 e. The molecule has 0 N–H and O–H groups in total. The van der Waals surface area contributed by atoms with Crippen molar-refractivity contribution in [3.05, 3.63) is 79.8 Å². The summed E-state index contributed by atoms with van der Waals surface area (Å²) in [4.78, 5) is 47.8. The van der Waals surface area contributed by atoms with E-state index in [1.165, 1.54) is 24.3 Å². The number of hydrogen-bond acceptors (Lipinski definition) is 8. The molecule has 1 heterocycles. The van der Waals surface area contributed by atoms with E-state index in [-0.39, 0.29) is 37.5 Å². The van der Waals surface area contributed by atoms with E-state index in [0.29, 0.717) is 6.07 Å². The predicted octanol–water partition coefficient (Wildman–Crippen LogP) is 3.23. The Bertz CT molecular complexity index is 1500. The lowest BCUT2D eigenvalue weighted by atomic mass is 10.2. The zero-order chi connectivity index (χ0) is 28.2. The number of para-hydroxylation sites is 2. The minimum absolute atomic E-state index is 0.0212. The molecule has 0 spiro atoms. The summed E-state index contributed by atoms with van der Waals surface area (Å²) in [6, 6.07) is 7.48. The van der Waals surface area contributed by atoms with Crippen LogP contribution in [0.4, 0.5) is 17.6 Å². The zero-order valence-corrected chi connectivity index (χ0v) is 20.3. The highest BCUT2D eigenvalue weighted by Crippen LogP contribution is 2.37. The standard InChI is InChI=1S/C23H17ClF4N2O8/c1-29-18(23(26,27)28)9-19(31)30(22(29)34)14-8-17(12(24)7-13(14)25)38-16-6-4-3-5-15(16)36-11-21(33)37-10-20(32)35-2/h3-9H,10-11H2,1-2H3. The van der Waals surface area contributed by atoms with E-state index < -0.39 is 59.8 Å². The zero-order valence-electron chi connectivity index (χ0n) is 19.5. The summed E-state index contributed by atoms with van der Waals surface area (Å²) in [6.45, 7) is -1.27. The van der Waals surface area contributed by atoms with Crippen LogP contribution in [0.1, 0.15) is 5.69 Å². The van der Waals surface area contributed by atoms with E-state index in [9.17, 15) is 36.7 Å². The highest BCUT2D eigenvalue weighted by atomic mass is 35.5. The molecule has 1 aromatic heterocycles. The summed E-state index contributed by atoms with van der Waals surface area (Å²) in [5.41, 5.74) is -5.16. The van der Waals surface area contributed by atoms with Gasteiger partial charge in [-0.2, -0.15) is 13.2 Å². The molecule has 202 valence electrons. The van der Waals surface area contributed by atoms with Gasteiger partial charge < -0.3 is 18.9 Å². The number of aromatic nitrogens is 2. The molecule has 0 amide bonds.